The maximum atomic E-state index is 12.8. The maximum absolute atomic E-state index is 12.8. The predicted molar refractivity (Wildman–Crippen MR) is 127 cm³/mol. The molecule has 0 aromatic heterocycles. The van der Waals surface area contributed by atoms with E-state index in [1.807, 2.05) is 12.1 Å². The van der Waals surface area contributed by atoms with Crippen molar-refractivity contribution in [3.8, 4) is 11.5 Å². The van der Waals surface area contributed by atoms with Gasteiger partial charge in [0.15, 0.2) is 11.5 Å². The second kappa shape index (κ2) is 10.7. The lowest BCUT2D eigenvalue weighted by molar-refractivity contribution is -0.139. The van der Waals surface area contributed by atoms with Gasteiger partial charge in [0.1, 0.15) is 0 Å². The highest BCUT2D eigenvalue weighted by molar-refractivity contribution is 9.10. The normalized spacial score (nSPS) is 19.5. The van der Waals surface area contributed by atoms with Gasteiger partial charge in [0, 0.05) is 23.8 Å². The van der Waals surface area contributed by atoms with E-state index < -0.39 is 11.9 Å². The van der Waals surface area contributed by atoms with Gasteiger partial charge in [-0.05, 0) is 60.9 Å². The lowest BCUT2D eigenvalue weighted by Gasteiger charge is -2.32. The number of rotatable bonds is 8. The highest BCUT2D eigenvalue weighted by Crippen LogP contribution is 2.41. The number of nitrogens with zero attached hydrogens (tertiary/aromatic N) is 1. The molecule has 0 radical (unpaired) electrons. The minimum Gasteiger partial charge on any atom is -0.465 e. The fourth-order valence-electron chi connectivity index (χ4n) is 4.21. The Bertz CT molecular complexity index is 1060. The van der Waals surface area contributed by atoms with Crippen LogP contribution in [0.4, 0.5) is 0 Å². The summed E-state index contributed by atoms with van der Waals surface area (Å²) >= 11 is 3.63. The van der Waals surface area contributed by atoms with Crippen LogP contribution < -0.4 is 9.47 Å². The molecule has 1 unspecified atom stereocenters. The van der Waals surface area contributed by atoms with Crippen LogP contribution in [0.1, 0.15) is 31.2 Å². The molecular formula is C25H28BrNO7. The number of hydrogen-bond donors (Lipinski definition) is 1. The highest BCUT2D eigenvalue weighted by atomic mass is 79.9. The molecule has 0 saturated heterocycles. The zero-order valence-electron chi connectivity index (χ0n) is 19.2. The van der Waals surface area contributed by atoms with Gasteiger partial charge in [-0.25, -0.2) is 9.59 Å². The summed E-state index contributed by atoms with van der Waals surface area (Å²) in [5.74, 6) is 0.514. The number of allylic oxidation sites excluding steroid dienone is 2. The largest absolute Gasteiger partial charge is 0.465 e. The third kappa shape index (κ3) is 5.31. The summed E-state index contributed by atoms with van der Waals surface area (Å²) in [7, 11) is 2.57. The van der Waals surface area contributed by atoms with Gasteiger partial charge in [0.25, 0.3) is 0 Å². The fourth-order valence-corrected chi connectivity index (χ4v) is 4.66. The minimum atomic E-state index is -0.624. The second-order valence-corrected chi connectivity index (χ2v) is 9.30. The van der Waals surface area contributed by atoms with Gasteiger partial charge in [-0.1, -0.05) is 22.0 Å². The molecule has 2 aliphatic heterocycles. The van der Waals surface area contributed by atoms with E-state index in [0.717, 1.165) is 28.5 Å². The number of methoxy groups -OCH3 is 2. The molecule has 1 aromatic rings. The Morgan fingerprint density at radius 2 is 1.79 bits per heavy atom. The Morgan fingerprint density at radius 1 is 1.12 bits per heavy atom. The van der Waals surface area contributed by atoms with Crippen LogP contribution in [-0.2, 0) is 25.6 Å². The van der Waals surface area contributed by atoms with Crippen molar-refractivity contribution in [2.24, 2.45) is 5.92 Å². The van der Waals surface area contributed by atoms with Crippen LogP contribution >= 0.6 is 15.9 Å². The molecule has 2 heterocycles. The Kier molecular flexibility index (Phi) is 7.63. The first-order valence-electron chi connectivity index (χ1n) is 11.2. The number of aliphatic hydroxyl groups excluding tert-OH is 1. The van der Waals surface area contributed by atoms with Crippen molar-refractivity contribution < 1.29 is 33.6 Å². The first-order chi connectivity index (χ1) is 16.4. The van der Waals surface area contributed by atoms with E-state index in [2.05, 4.69) is 26.9 Å². The Labute approximate surface area is 206 Å². The van der Waals surface area contributed by atoms with Crippen LogP contribution in [0.25, 0.3) is 0 Å². The molecule has 0 amide bonds. The molecule has 1 atom stereocenters. The van der Waals surface area contributed by atoms with Gasteiger partial charge in [-0.15, -0.1) is 0 Å². The van der Waals surface area contributed by atoms with Gasteiger partial charge >= 0.3 is 11.9 Å². The minimum absolute atomic E-state index is 0.00104. The number of carbonyl (C=O) groups excluding carboxylic acids is 2. The number of ether oxygens (including phenoxy) is 4. The Morgan fingerprint density at radius 3 is 2.44 bits per heavy atom. The molecule has 1 fully saturated rings. The van der Waals surface area contributed by atoms with Crippen molar-refractivity contribution in [1.29, 1.82) is 0 Å². The molecule has 1 aromatic carbocycles. The molecule has 8 nitrogen and oxygen atoms in total. The topological polar surface area (TPSA) is 94.5 Å². The summed E-state index contributed by atoms with van der Waals surface area (Å²) in [6, 6.07) is 3.80. The molecule has 182 valence electrons. The number of esters is 2. The number of carbonyl (C=O) groups is 2. The first-order valence-corrected chi connectivity index (χ1v) is 12.0. The van der Waals surface area contributed by atoms with E-state index >= 15 is 0 Å². The number of hydrogen-bond acceptors (Lipinski definition) is 8. The lowest BCUT2D eigenvalue weighted by atomic mass is 9.95. The lowest BCUT2D eigenvalue weighted by Crippen LogP contribution is -2.33. The molecule has 34 heavy (non-hydrogen) atoms. The third-order valence-electron chi connectivity index (χ3n) is 6.12. The summed E-state index contributed by atoms with van der Waals surface area (Å²) in [6.07, 6.45) is 8.78. The van der Waals surface area contributed by atoms with Gasteiger partial charge in [-0.3, -0.25) is 0 Å². The average Bonchev–Trinajstić information content (AvgIpc) is 3.57. The van der Waals surface area contributed by atoms with Gasteiger partial charge in [0.2, 0.25) is 6.79 Å². The molecular weight excluding hydrogens is 506 g/mol. The van der Waals surface area contributed by atoms with E-state index in [4.69, 9.17) is 18.9 Å². The zero-order chi connectivity index (χ0) is 24.2. The molecule has 9 heteroatoms. The van der Waals surface area contributed by atoms with Crippen molar-refractivity contribution in [3.63, 3.8) is 0 Å². The summed E-state index contributed by atoms with van der Waals surface area (Å²) in [6.45, 7) is 0.660. The predicted octanol–water partition coefficient (Wildman–Crippen LogP) is 3.63. The summed E-state index contributed by atoms with van der Waals surface area (Å²) in [5.41, 5.74) is 2.08. The number of benzene rings is 1. The Balaban J connectivity index is 1.81. The van der Waals surface area contributed by atoms with Gasteiger partial charge in [-0.2, -0.15) is 0 Å². The summed E-state index contributed by atoms with van der Waals surface area (Å²) < 4.78 is 21.9. The molecule has 4 rings (SSSR count). The molecule has 0 bridgehead atoms. The van der Waals surface area contributed by atoms with E-state index in [9.17, 15) is 14.7 Å². The van der Waals surface area contributed by atoms with Crippen LogP contribution in [-0.4, -0.2) is 55.6 Å². The standard InChI is InChI=1S/C25H28BrNO7/c1-31-24(29)18-8-15(4-3-7-28)9-21(16-5-6-16)27(13-19(18)25(30)32-2)12-17-10-22-23(11-20(17)26)34-14-33-22/h8-11,13,16,21,28H,3-7,12,14H2,1-2H3. The molecule has 1 aliphatic carbocycles. The molecule has 0 spiro atoms. The van der Waals surface area contributed by atoms with Crippen LogP contribution in [0.15, 0.2) is 51.7 Å². The van der Waals surface area contributed by atoms with Crippen LogP contribution in [0.5, 0.6) is 11.5 Å². The highest BCUT2D eigenvalue weighted by Gasteiger charge is 2.36. The van der Waals surface area contributed by atoms with Crippen molar-refractivity contribution >= 4 is 27.9 Å². The van der Waals surface area contributed by atoms with E-state index in [0.29, 0.717) is 36.8 Å². The second-order valence-electron chi connectivity index (χ2n) is 8.45. The van der Waals surface area contributed by atoms with Crippen molar-refractivity contribution in [2.75, 3.05) is 27.6 Å². The van der Waals surface area contributed by atoms with Gasteiger partial charge < -0.3 is 29.0 Å². The maximum Gasteiger partial charge on any atom is 0.340 e. The van der Waals surface area contributed by atoms with Crippen LogP contribution in [0, 0.1) is 5.92 Å². The van der Waals surface area contributed by atoms with Crippen molar-refractivity contribution in [1.82, 2.24) is 4.90 Å². The molecule has 1 saturated carbocycles. The molecule has 1 N–H and O–H groups in total. The SMILES string of the molecule is COC(=O)C1=CC(CCCO)=CC(C2CC2)N(Cc2cc3c(cc2Br)OCO3)C=C1C(=O)OC. The molecule has 3 aliphatic rings. The van der Waals surface area contributed by atoms with Crippen molar-refractivity contribution in [3.05, 3.63) is 57.2 Å². The van der Waals surface area contributed by atoms with Crippen LogP contribution in [0.3, 0.4) is 0 Å². The monoisotopic (exact) mass is 533 g/mol. The number of fused-ring (bicyclic) bond motifs is 1. The fraction of sp³-hybridized carbons (Fsp3) is 0.440. The Hall–Kier alpha value is -2.78. The van der Waals surface area contributed by atoms with Gasteiger partial charge in [0.05, 0.1) is 31.4 Å². The third-order valence-corrected chi connectivity index (χ3v) is 6.85. The zero-order valence-corrected chi connectivity index (χ0v) is 20.8. The quantitative estimate of drug-likeness (QED) is 0.506. The van der Waals surface area contributed by atoms with E-state index in [-0.39, 0.29) is 30.6 Å². The van der Waals surface area contributed by atoms with E-state index in [1.54, 1.807) is 12.3 Å². The first kappa shape index (κ1) is 24.3. The van der Waals surface area contributed by atoms with Crippen molar-refractivity contribution in [2.45, 2.75) is 38.3 Å². The summed E-state index contributed by atoms with van der Waals surface area (Å²) in [5, 5.41) is 9.40. The summed E-state index contributed by atoms with van der Waals surface area (Å²) in [4.78, 5) is 27.6. The smallest absolute Gasteiger partial charge is 0.340 e. The number of aliphatic hydroxyl groups is 1. The average molecular weight is 534 g/mol. The van der Waals surface area contributed by atoms with E-state index in [1.165, 1.54) is 14.2 Å². The van der Waals surface area contributed by atoms with Crippen LogP contribution in [0.2, 0.25) is 0 Å². The number of halogens is 1.